The Kier molecular flexibility index (Phi) is 5.20. The normalized spacial score (nSPS) is 21.9. The lowest BCUT2D eigenvalue weighted by atomic mass is 9.90. The van der Waals surface area contributed by atoms with Gasteiger partial charge in [0.1, 0.15) is 0 Å². The zero-order valence-corrected chi connectivity index (χ0v) is 12.3. The van der Waals surface area contributed by atoms with Crippen LogP contribution in [0.5, 0.6) is 0 Å². The van der Waals surface area contributed by atoms with E-state index < -0.39 is 5.97 Å². The Morgan fingerprint density at radius 1 is 1.29 bits per heavy atom. The van der Waals surface area contributed by atoms with Gasteiger partial charge in [-0.1, -0.05) is 37.3 Å². The van der Waals surface area contributed by atoms with Crippen LogP contribution >= 0.6 is 0 Å². The second kappa shape index (κ2) is 7.11. The summed E-state index contributed by atoms with van der Waals surface area (Å²) in [5, 5.41) is 11.4. The molecule has 1 aliphatic rings. The molecular formula is C16H22N2O3. The van der Waals surface area contributed by atoms with E-state index in [1.165, 1.54) is 0 Å². The van der Waals surface area contributed by atoms with Crippen molar-refractivity contribution in [3.63, 3.8) is 0 Å². The molecule has 5 nitrogen and oxygen atoms in total. The van der Waals surface area contributed by atoms with Gasteiger partial charge in [0.2, 0.25) is 0 Å². The quantitative estimate of drug-likeness (QED) is 0.895. The molecule has 1 aromatic rings. The summed E-state index contributed by atoms with van der Waals surface area (Å²) in [6.45, 7) is 3.01. The summed E-state index contributed by atoms with van der Waals surface area (Å²) in [5.74, 6) is -0.433. The monoisotopic (exact) mass is 290 g/mol. The predicted octanol–water partition coefficient (Wildman–Crippen LogP) is 2.64. The van der Waals surface area contributed by atoms with Crippen molar-refractivity contribution in [3.8, 4) is 0 Å². The van der Waals surface area contributed by atoms with Crippen molar-refractivity contribution < 1.29 is 14.7 Å². The number of nitrogens with one attached hydrogen (secondary N) is 1. The molecule has 1 aliphatic heterocycles. The number of nitrogens with zero attached hydrogens (tertiary/aromatic N) is 1. The maximum Gasteiger partial charge on any atom is 0.317 e. The maximum atomic E-state index is 12.3. The molecule has 0 aromatic heterocycles. The fraction of sp³-hybridized carbons (Fsp3) is 0.500. The number of benzene rings is 1. The first-order valence-electron chi connectivity index (χ1n) is 7.39. The molecule has 114 valence electrons. The summed E-state index contributed by atoms with van der Waals surface area (Å²) in [6, 6.07) is 9.91. The topological polar surface area (TPSA) is 69.6 Å². The lowest BCUT2D eigenvalue weighted by Crippen LogP contribution is -2.47. The van der Waals surface area contributed by atoms with Gasteiger partial charge >= 0.3 is 12.0 Å². The average Bonchev–Trinajstić information content (AvgIpc) is 2.47. The van der Waals surface area contributed by atoms with Crippen LogP contribution in [0.15, 0.2) is 30.3 Å². The number of urea groups is 1. The molecule has 2 N–H and O–H groups in total. The van der Waals surface area contributed by atoms with Gasteiger partial charge in [-0.2, -0.15) is 0 Å². The first kappa shape index (κ1) is 15.4. The Balaban J connectivity index is 2.04. The van der Waals surface area contributed by atoms with E-state index in [-0.39, 0.29) is 25.0 Å². The minimum absolute atomic E-state index is 0.0505. The molecule has 1 saturated heterocycles. The Morgan fingerprint density at radius 3 is 2.67 bits per heavy atom. The SMILES string of the molecule is CC1CCC(c2ccccc2)N(C(=O)NCCC(=O)O)C1. The Bertz CT molecular complexity index is 490. The molecule has 0 bridgehead atoms. The number of hydrogen-bond donors (Lipinski definition) is 2. The number of carbonyl (C=O) groups excluding carboxylic acids is 1. The summed E-state index contributed by atoms with van der Waals surface area (Å²) in [4.78, 5) is 24.7. The van der Waals surface area contributed by atoms with Crippen molar-refractivity contribution >= 4 is 12.0 Å². The second-order valence-electron chi connectivity index (χ2n) is 5.64. The number of piperidine rings is 1. The van der Waals surface area contributed by atoms with Crippen LogP contribution in [-0.4, -0.2) is 35.1 Å². The van der Waals surface area contributed by atoms with E-state index in [0.29, 0.717) is 12.5 Å². The van der Waals surface area contributed by atoms with Crippen molar-refractivity contribution in [1.82, 2.24) is 10.2 Å². The summed E-state index contributed by atoms with van der Waals surface area (Å²) >= 11 is 0. The number of amides is 2. The van der Waals surface area contributed by atoms with Gasteiger partial charge in [-0.15, -0.1) is 0 Å². The highest BCUT2D eigenvalue weighted by Gasteiger charge is 2.30. The smallest absolute Gasteiger partial charge is 0.317 e. The number of hydrogen-bond acceptors (Lipinski definition) is 2. The molecule has 21 heavy (non-hydrogen) atoms. The van der Waals surface area contributed by atoms with Crippen LogP contribution in [0.1, 0.15) is 37.8 Å². The van der Waals surface area contributed by atoms with Crippen molar-refractivity contribution in [2.24, 2.45) is 5.92 Å². The van der Waals surface area contributed by atoms with E-state index >= 15 is 0 Å². The minimum Gasteiger partial charge on any atom is -0.481 e. The number of aliphatic carboxylic acids is 1. The Morgan fingerprint density at radius 2 is 2.00 bits per heavy atom. The van der Waals surface area contributed by atoms with E-state index in [1.54, 1.807) is 0 Å². The predicted molar refractivity (Wildman–Crippen MR) is 79.9 cm³/mol. The largest absolute Gasteiger partial charge is 0.481 e. The van der Waals surface area contributed by atoms with E-state index in [9.17, 15) is 9.59 Å². The standard InChI is InChI=1S/C16H22N2O3/c1-12-7-8-14(13-5-3-2-4-6-13)18(11-12)16(21)17-10-9-15(19)20/h2-6,12,14H,7-11H2,1H3,(H,17,21)(H,19,20). The lowest BCUT2D eigenvalue weighted by Gasteiger charge is -2.39. The molecular weight excluding hydrogens is 268 g/mol. The second-order valence-corrected chi connectivity index (χ2v) is 5.64. The minimum atomic E-state index is -0.901. The first-order valence-corrected chi connectivity index (χ1v) is 7.39. The molecule has 2 amide bonds. The van der Waals surface area contributed by atoms with Crippen molar-refractivity contribution in [1.29, 1.82) is 0 Å². The van der Waals surface area contributed by atoms with Crippen LogP contribution in [-0.2, 0) is 4.79 Å². The van der Waals surface area contributed by atoms with E-state index in [1.807, 2.05) is 35.2 Å². The summed E-state index contributed by atoms with van der Waals surface area (Å²) < 4.78 is 0. The highest BCUT2D eigenvalue weighted by atomic mass is 16.4. The van der Waals surface area contributed by atoms with E-state index in [0.717, 1.165) is 18.4 Å². The molecule has 2 atom stereocenters. The van der Waals surface area contributed by atoms with E-state index in [4.69, 9.17) is 5.11 Å². The third kappa shape index (κ3) is 4.21. The van der Waals surface area contributed by atoms with Gasteiger partial charge in [-0.05, 0) is 24.3 Å². The van der Waals surface area contributed by atoms with Gasteiger partial charge in [0, 0.05) is 13.1 Å². The van der Waals surface area contributed by atoms with Gasteiger partial charge < -0.3 is 15.3 Å². The van der Waals surface area contributed by atoms with E-state index in [2.05, 4.69) is 12.2 Å². The first-order chi connectivity index (χ1) is 10.1. The molecule has 2 unspecified atom stereocenters. The van der Waals surface area contributed by atoms with Crippen LogP contribution in [0.2, 0.25) is 0 Å². The Hall–Kier alpha value is -2.04. The average molecular weight is 290 g/mol. The van der Waals surface area contributed by atoms with Crippen molar-refractivity contribution in [3.05, 3.63) is 35.9 Å². The summed E-state index contributed by atoms with van der Waals surface area (Å²) in [5.41, 5.74) is 1.14. The van der Waals surface area contributed by atoms with Crippen molar-refractivity contribution in [2.75, 3.05) is 13.1 Å². The highest BCUT2D eigenvalue weighted by molar-refractivity contribution is 5.76. The molecule has 0 radical (unpaired) electrons. The third-order valence-corrected chi connectivity index (χ3v) is 3.88. The Labute approximate surface area is 125 Å². The number of likely N-dealkylation sites (tertiary alicyclic amines) is 1. The molecule has 0 saturated carbocycles. The fourth-order valence-electron chi connectivity index (χ4n) is 2.78. The zero-order valence-electron chi connectivity index (χ0n) is 12.3. The van der Waals surface area contributed by atoms with Crippen LogP contribution in [0.3, 0.4) is 0 Å². The molecule has 2 rings (SSSR count). The van der Waals surface area contributed by atoms with Gasteiger partial charge in [-0.25, -0.2) is 4.79 Å². The molecule has 1 fully saturated rings. The van der Waals surface area contributed by atoms with Crippen molar-refractivity contribution in [2.45, 2.75) is 32.2 Å². The van der Waals surface area contributed by atoms with Gasteiger partial charge in [0.25, 0.3) is 0 Å². The molecule has 1 heterocycles. The number of carbonyl (C=O) groups is 2. The number of carboxylic acids is 1. The fourth-order valence-corrected chi connectivity index (χ4v) is 2.78. The van der Waals surface area contributed by atoms with Crippen LogP contribution in [0, 0.1) is 5.92 Å². The molecule has 0 spiro atoms. The third-order valence-electron chi connectivity index (χ3n) is 3.88. The summed E-state index contributed by atoms with van der Waals surface area (Å²) in [6.07, 6.45) is 1.99. The lowest BCUT2D eigenvalue weighted by molar-refractivity contribution is -0.136. The maximum absolute atomic E-state index is 12.3. The van der Waals surface area contributed by atoms with Gasteiger partial charge in [0.05, 0.1) is 12.5 Å². The molecule has 5 heteroatoms. The number of rotatable bonds is 4. The summed E-state index contributed by atoms with van der Waals surface area (Å²) in [7, 11) is 0. The molecule has 0 aliphatic carbocycles. The number of carboxylic acid groups (broad SMARTS) is 1. The highest BCUT2D eigenvalue weighted by Crippen LogP contribution is 2.33. The van der Waals surface area contributed by atoms with Gasteiger partial charge in [0.15, 0.2) is 0 Å². The molecule has 1 aromatic carbocycles. The van der Waals surface area contributed by atoms with Gasteiger partial charge in [-0.3, -0.25) is 4.79 Å². The van der Waals surface area contributed by atoms with Crippen LogP contribution in [0.4, 0.5) is 4.79 Å². The van der Waals surface area contributed by atoms with Crippen LogP contribution in [0.25, 0.3) is 0 Å². The van der Waals surface area contributed by atoms with Crippen LogP contribution < -0.4 is 5.32 Å². The zero-order chi connectivity index (χ0) is 15.2.